The Morgan fingerprint density at radius 3 is 2.69 bits per heavy atom. The van der Waals surface area contributed by atoms with Crippen LogP contribution < -0.4 is 25.4 Å². The SMILES string of the molecule is O=C(Cc1csc(NC(=O)NC2CCCCC2)n1)Nc1ccc2c(c1)OCCO2. The van der Waals surface area contributed by atoms with Crippen molar-refractivity contribution in [2.24, 2.45) is 0 Å². The van der Waals surface area contributed by atoms with Crippen molar-refractivity contribution in [3.8, 4) is 11.5 Å². The first-order valence-electron chi connectivity index (χ1n) is 9.87. The van der Waals surface area contributed by atoms with E-state index >= 15 is 0 Å². The molecule has 3 amide bonds. The van der Waals surface area contributed by atoms with Crippen molar-refractivity contribution in [2.75, 3.05) is 23.8 Å². The molecule has 1 aliphatic heterocycles. The number of nitrogens with one attached hydrogen (secondary N) is 3. The maximum atomic E-state index is 12.3. The summed E-state index contributed by atoms with van der Waals surface area (Å²) in [6.45, 7) is 1.02. The normalized spacial score (nSPS) is 16.1. The van der Waals surface area contributed by atoms with Gasteiger partial charge in [-0.25, -0.2) is 9.78 Å². The summed E-state index contributed by atoms with van der Waals surface area (Å²) in [6, 6.07) is 5.30. The largest absolute Gasteiger partial charge is 0.486 e. The highest BCUT2D eigenvalue weighted by Gasteiger charge is 2.17. The number of ether oxygens (including phenoxy) is 2. The van der Waals surface area contributed by atoms with Gasteiger partial charge in [0.1, 0.15) is 13.2 Å². The van der Waals surface area contributed by atoms with Crippen LogP contribution in [0.2, 0.25) is 0 Å². The van der Waals surface area contributed by atoms with E-state index < -0.39 is 0 Å². The van der Waals surface area contributed by atoms with E-state index in [1.807, 2.05) is 0 Å². The summed E-state index contributed by atoms with van der Waals surface area (Å²) >= 11 is 1.31. The number of aromatic nitrogens is 1. The molecule has 0 bridgehead atoms. The number of anilines is 2. The number of carbonyl (C=O) groups excluding carboxylic acids is 2. The van der Waals surface area contributed by atoms with Gasteiger partial charge in [-0.3, -0.25) is 10.1 Å². The van der Waals surface area contributed by atoms with Gasteiger partial charge in [-0.15, -0.1) is 11.3 Å². The zero-order chi connectivity index (χ0) is 20.1. The molecule has 2 aliphatic rings. The third-order valence-electron chi connectivity index (χ3n) is 4.88. The first-order valence-corrected chi connectivity index (χ1v) is 10.7. The van der Waals surface area contributed by atoms with E-state index in [2.05, 4.69) is 20.9 Å². The average molecular weight is 417 g/mol. The van der Waals surface area contributed by atoms with Crippen LogP contribution in [0.4, 0.5) is 15.6 Å². The van der Waals surface area contributed by atoms with Crippen molar-refractivity contribution in [3.63, 3.8) is 0 Å². The van der Waals surface area contributed by atoms with E-state index in [0.29, 0.717) is 41.2 Å². The molecule has 8 nitrogen and oxygen atoms in total. The zero-order valence-electron chi connectivity index (χ0n) is 16.0. The molecule has 1 aromatic carbocycles. The lowest BCUT2D eigenvalue weighted by atomic mass is 9.96. The first-order chi connectivity index (χ1) is 14.2. The van der Waals surface area contributed by atoms with Crippen molar-refractivity contribution in [1.29, 1.82) is 0 Å². The van der Waals surface area contributed by atoms with Crippen LogP contribution in [0.15, 0.2) is 23.6 Å². The molecule has 0 radical (unpaired) electrons. The number of fused-ring (bicyclic) bond motifs is 1. The number of benzene rings is 1. The molecule has 0 unspecified atom stereocenters. The van der Waals surface area contributed by atoms with Gasteiger partial charge >= 0.3 is 6.03 Å². The fraction of sp³-hybridized carbons (Fsp3) is 0.450. The van der Waals surface area contributed by atoms with Gasteiger partial charge in [0.25, 0.3) is 0 Å². The predicted octanol–water partition coefficient (Wildman–Crippen LogP) is 3.55. The highest BCUT2D eigenvalue weighted by molar-refractivity contribution is 7.13. The van der Waals surface area contributed by atoms with E-state index in [1.165, 1.54) is 17.8 Å². The summed E-state index contributed by atoms with van der Waals surface area (Å²) < 4.78 is 11.0. The molecular formula is C20H24N4O4S. The van der Waals surface area contributed by atoms with Crippen molar-refractivity contribution in [2.45, 2.75) is 44.6 Å². The predicted molar refractivity (Wildman–Crippen MR) is 111 cm³/mol. The van der Waals surface area contributed by atoms with Gasteiger partial charge in [0.2, 0.25) is 5.91 Å². The minimum atomic E-state index is -0.237. The van der Waals surface area contributed by atoms with E-state index in [4.69, 9.17) is 9.47 Å². The summed E-state index contributed by atoms with van der Waals surface area (Å²) in [5.41, 5.74) is 1.25. The molecule has 0 atom stereocenters. The highest BCUT2D eigenvalue weighted by atomic mass is 32.1. The van der Waals surface area contributed by atoms with Crippen LogP contribution in [0.3, 0.4) is 0 Å². The molecule has 29 heavy (non-hydrogen) atoms. The van der Waals surface area contributed by atoms with Gasteiger partial charge in [0.05, 0.1) is 12.1 Å². The van der Waals surface area contributed by atoms with Gasteiger partial charge in [-0.05, 0) is 25.0 Å². The number of nitrogens with zero attached hydrogens (tertiary/aromatic N) is 1. The van der Waals surface area contributed by atoms with Crippen molar-refractivity contribution in [3.05, 3.63) is 29.3 Å². The van der Waals surface area contributed by atoms with Gasteiger partial charge < -0.3 is 20.1 Å². The minimum absolute atomic E-state index is 0.122. The molecule has 1 saturated carbocycles. The number of urea groups is 1. The standard InChI is InChI=1S/C20H24N4O4S/c25-18(21-14-6-7-16-17(10-14)28-9-8-27-16)11-15-12-29-20(23-15)24-19(26)22-13-4-2-1-3-5-13/h6-7,10,12-13H,1-5,8-9,11H2,(H,21,25)(H2,22,23,24,26). The quantitative estimate of drug-likeness (QED) is 0.692. The summed E-state index contributed by atoms with van der Waals surface area (Å²) in [4.78, 5) is 28.8. The molecule has 3 N–H and O–H groups in total. The van der Waals surface area contributed by atoms with Crippen LogP contribution in [-0.2, 0) is 11.2 Å². The Balaban J connectivity index is 1.27. The van der Waals surface area contributed by atoms with Gasteiger partial charge in [0, 0.05) is 23.2 Å². The number of hydrogen-bond acceptors (Lipinski definition) is 6. The van der Waals surface area contributed by atoms with E-state index in [1.54, 1.807) is 23.6 Å². The molecule has 2 heterocycles. The lowest BCUT2D eigenvalue weighted by Crippen LogP contribution is -2.39. The molecule has 9 heteroatoms. The first kappa shape index (κ1) is 19.5. The number of amides is 3. The third kappa shape index (κ3) is 5.38. The molecule has 0 spiro atoms. The summed E-state index contributed by atoms with van der Waals surface area (Å²) in [5, 5.41) is 10.9. The van der Waals surface area contributed by atoms with E-state index in [0.717, 1.165) is 25.7 Å². The van der Waals surface area contributed by atoms with Crippen LogP contribution in [0.1, 0.15) is 37.8 Å². The Labute approximate surface area is 173 Å². The van der Waals surface area contributed by atoms with Crippen molar-refractivity contribution >= 4 is 34.1 Å². The number of hydrogen-bond donors (Lipinski definition) is 3. The Kier molecular flexibility index (Phi) is 6.14. The topological polar surface area (TPSA) is 102 Å². The minimum Gasteiger partial charge on any atom is -0.486 e. The molecule has 0 saturated heterocycles. The average Bonchev–Trinajstić information content (AvgIpc) is 3.15. The maximum absolute atomic E-state index is 12.3. The maximum Gasteiger partial charge on any atom is 0.321 e. The second-order valence-corrected chi connectivity index (χ2v) is 8.02. The van der Waals surface area contributed by atoms with Gasteiger partial charge in [-0.2, -0.15) is 0 Å². The fourth-order valence-electron chi connectivity index (χ4n) is 3.50. The van der Waals surface area contributed by atoms with E-state index in [9.17, 15) is 9.59 Å². The molecule has 2 aromatic rings. The third-order valence-corrected chi connectivity index (χ3v) is 5.69. The Morgan fingerprint density at radius 2 is 1.86 bits per heavy atom. The smallest absolute Gasteiger partial charge is 0.321 e. The van der Waals surface area contributed by atoms with Crippen LogP contribution in [-0.4, -0.2) is 36.2 Å². The van der Waals surface area contributed by atoms with Gasteiger partial charge in [-0.1, -0.05) is 19.3 Å². The monoisotopic (exact) mass is 416 g/mol. The molecule has 1 aliphatic carbocycles. The number of rotatable bonds is 5. The molecule has 1 aromatic heterocycles. The van der Waals surface area contributed by atoms with Crippen LogP contribution in [0.5, 0.6) is 11.5 Å². The second kappa shape index (κ2) is 9.13. The summed E-state index contributed by atoms with van der Waals surface area (Å²) in [5.74, 6) is 1.11. The number of thiazole rings is 1. The number of carbonyl (C=O) groups is 2. The summed E-state index contributed by atoms with van der Waals surface area (Å²) in [6.07, 6.45) is 5.73. The molecule has 1 fully saturated rings. The fourth-order valence-corrected chi connectivity index (χ4v) is 4.21. The Hall–Kier alpha value is -2.81. The molecule has 4 rings (SSSR count). The highest BCUT2D eigenvalue weighted by Crippen LogP contribution is 2.32. The van der Waals surface area contributed by atoms with E-state index in [-0.39, 0.29) is 24.4 Å². The summed E-state index contributed by atoms with van der Waals surface area (Å²) in [7, 11) is 0. The van der Waals surface area contributed by atoms with Crippen LogP contribution in [0.25, 0.3) is 0 Å². The molecular weight excluding hydrogens is 392 g/mol. The second-order valence-electron chi connectivity index (χ2n) is 7.16. The van der Waals surface area contributed by atoms with Crippen LogP contribution >= 0.6 is 11.3 Å². The molecule has 154 valence electrons. The Bertz CT molecular complexity index is 879. The van der Waals surface area contributed by atoms with Crippen LogP contribution in [0, 0.1) is 0 Å². The lowest BCUT2D eigenvalue weighted by molar-refractivity contribution is -0.115. The van der Waals surface area contributed by atoms with Crippen molar-refractivity contribution in [1.82, 2.24) is 10.3 Å². The van der Waals surface area contributed by atoms with Crippen molar-refractivity contribution < 1.29 is 19.1 Å². The zero-order valence-corrected chi connectivity index (χ0v) is 16.8. The lowest BCUT2D eigenvalue weighted by Gasteiger charge is -2.22. The Morgan fingerprint density at radius 1 is 1.07 bits per heavy atom. The van der Waals surface area contributed by atoms with Gasteiger partial charge in [0.15, 0.2) is 16.6 Å².